The predicted molar refractivity (Wildman–Crippen MR) is 76.1 cm³/mol. The predicted octanol–water partition coefficient (Wildman–Crippen LogP) is 3.04. The van der Waals surface area contributed by atoms with Gasteiger partial charge in [-0.15, -0.1) is 0 Å². The molecule has 0 aliphatic carbocycles. The normalized spacial score (nSPS) is 20.3. The summed E-state index contributed by atoms with van der Waals surface area (Å²) in [6.45, 7) is 7.31. The van der Waals surface area contributed by atoms with Gasteiger partial charge in [0.1, 0.15) is 0 Å². The molecule has 0 spiro atoms. The molecule has 1 unspecified atom stereocenters. The maximum Gasteiger partial charge on any atom is 0.317 e. The van der Waals surface area contributed by atoms with Gasteiger partial charge >= 0.3 is 11.9 Å². The van der Waals surface area contributed by atoms with Crippen molar-refractivity contribution in [3.05, 3.63) is 12.2 Å². The van der Waals surface area contributed by atoms with E-state index in [4.69, 9.17) is 4.43 Å². The smallest absolute Gasteiger partial charge is 0.317 e. The summed E-state index contributed by atoms with van der Waals surface area (Å²) in [5, 5.41) is 0. The van der Waals surface area contributed by atoms with Gasteiger partial charge in [0.15, 0.2) is 8.32 Å². The number of allylic oxidation sites excluding steroid dienone is 2. The van der Waals surface area contributed by atoms with Crippen LogP contribution in [0.5, 0.6) is 0 Å². The molecule has 1 heterocycles. The first-order chi connectivity index (χ1) is 8.94. The lowest BCUT2D eigenvalue weighted by Gasteiger charge is -2.21. The van der Waals surface area contributed by atoms with Crippen molar-refractivity contribution in [1.82, 2.24) is 0 Å². The molecular weight excluding hydrogens is 260 g/mol. The number of cyclic esters (lactones) is 2. The number of hydrogen-bond acceptors (Lipinski definition) is 4. The van der Waals surface area contributed by atoms with Crippen LogP contribution in [0.25, 0.3) is 0 Å². The minimum atomic E-state index is -1.46. The highest BCUT2D eigenvalue weighted by Gasteiger charge is 2.32. The Hall–Kier alpha value is -0.943. The minimum absolute atomic E-state index is 0.230. The molecule has 5 heteroatoms. The van der Waals surface area contributed by atoms with Crippen molar-refractivity contribution < 1.29 is 18.8 Å². The Morgan fingerprint density at radius 3 is 2.68 bits per heavy atom. The van der Waals surface area contributed by atoms with Crippen LogP contribution in [0.15, 0.2) is 12.2 Å². The van der Waals surface area contributed by atoms with Crippen molar-refractivity contribution in [2.75, 3.05) is 6.61 Å². The lowest BCUT2D eigenvalue weighted by molar-refractivity contribution is -0.153. The van der Waals surface area contributed by atoms with E-state index in [0.29, 0.717) is 6.42 Å². The Morgan fingerprint density at radius 2 is 2.11 bits per heavy atom. The summed E-state index contributed by atoms with van der Waals surface area (Å²) < 4.78 is 10.3. The number of rotatable bonds is 8. The number of ether oxygens (including phenoxy) is 1. The van der Waals surface area contributed by atoms with Crippen molar-refractivity contribution in [3.8, 4) is 0 Å². The molecule has 0 saturated carbocycles. The van der Waals surface area contributed by atoms with E-state index in [2.05, 4.69) is 23.9 Å². The molecule has 19 heavy (non-hydrogen) atoms. The fourth-order valence-corrected chi connectivity index (χ4v) is 4.17. The molecule has 1 aliphatic rings. The SMILES string of the molecule is CCO[Si](C)(C)CCC/C=C/CC1CC(=O)OC1=O. The summed E-state index contributed by atoms with van der Waals surface area (Å²) in [5.74, 6) is -1.04. The minimum Gasteiger partial charge on any atom is -0.418 e. The highest BCUT2D eigenvalue weighted by atomic mass is 28.4. The van der Waals surface area contributed by atoms with Gasteiger partial charge in [0.05, 0.1) is 12.3 Å². The van der Waals surface area contributed by atoms with Crippen LogP contribution >= 0.6 is 0 Å². The van der Waals surface area contributed by atoms with E-state index in [1.54, 1.807) is 0 Å². The third-order valence-corrected chi connectivity index (χ3v) is 5.86. The molecule has 4 nitrogen and oxygen atoms in total. The average molecular weight is 284 g/mol. The van der Waals surface area contributed by atoms with Crippen molar-refractivity contribution in [3.63, 3.8) is 0 Å². The molecular formula is C14H24O4Si. The maximum absolute atomic E-state index is 11.2. The zero-order valence-corrected chi connectivity index (χ0v) is 13.1. The Labute approximate surface area is 116 Å². The van der Waals surface area contributed by atoms with Gasteiger partial charge < -0.3 is 9.16 Å². The second-order valence-corrected chi connectivity index (χ2v) is 9.79. The lowest BCUT2D eigenvalue weighted by Crippen LogP contribution is -2.29. The quantitative estimate of drug-likeness (QED) is 0.226. The van der Waals surface area contributed by atoms with Gasteiger partial charge in [-0.05, 0) is 38.9 Å². The Bertz CT molecular complexity index is 349. The highest BCUT2D eigenvalue weighted by molar-refractivity contribution is 6.71. The van der Waals surface area contributed by atoms with E-state index < -0.39 is 14.3 Å². The highest BCUT2D eigenvalue weighted by Crippen LogP contribution is 2.20. The summed E-state index contributed by atoms with van der Waals surface area (Å²) in [5.41, 5.74) is 0. The van der Waals surface area contributed by atoms with Crippen molar-refractivity contribution >= 4 is 20.3 Å². The molecule has 1 aliphatic heterocycles. The Balaban J connectivity index is 2.14. The Kier molecular flexibility index (Phi) is 6.44. The first kappa shape index (κ1) is 16.1. The van der Waals surface area contributed by atoms with E-state index in [1.807, 2.05) is 13.0 Å². The van der Waals surface area contributed by atoms with Crippen molar-refractivity contribution in [2.24, 2.45) is 5.92 Å². The molecule has 1 rings (SSSR count). The van der Waals surface area contributed by atoms with E-state index in [9.17, 15) is 9.59 Å². The number of esters is 2. The number of unbranched alkanes of at least 4 members (excludes halogenated alkanes) is 1. The molecule has 108 valence electrons. The molecule has 0 aromatic rings. The number of carbonyl (C=O) groups excluding carboxylic acids is 2. The van der Waals surface area contributed by atoms with Crippen LogP contribution < -0.4 is 0 Å². The Morgan fingerprint density at radius 1 is 1.37 bits per heavy atom. The molecule has 1 saturated heterocycles. The summed E-state index contributed by atoms with van der Waals surface area (Å²) in [6.07, 6.45) is 7.03. The van der Waals surface area contributed by atoms with E-state index in [-0.39, 0.29) is 18.3 Å². The summed E-state index contributed by atoms with van der Waals surface area (Å²) in [6, 6.07) is 1.15. The molecule has 0 aromatic carbocycles. The molecule has 1 atom stereocenters. The van der Waals surface area contributed by atoms with Crippen LogP contribution in [-0.4, -0.2) is 26.9 Å². The second kappa shape index (κ2) is 7.60. The maximum atomic E-state index is 11.2. The molecule has 0 amide bonds. The van der Waals surface area contributed by atoms with E-state index in [0.717, 1.165) is 25.5 Å². The van der Waals surface area contributed by atoms with Gasteiger partial charge in [0.2, 0.25) is 0 Å². The average Bonchev–Trinajstić information content (AvgIpc) is 2.62. The first-order valence-electron chi connectivity index (χ1n) is 6.98. The van der Waals surface area contributed by atoms with Gasteiger partial charge in [-0.1, -0.05) is 18.6 Å². The van der Waals surface area contributed by atoms with Gasteiger partial charge in [-0.3, -0.25) is 9.59 Å². The molecule has 0 bridgehead atoms. The van der Waals surface area contributed by atoms with Crippen LogP contribution in [0, 0.1) is 5.92 Å². The number of carbonyl (C=O) groups is 2. The molecule has 0 N–H and O–H groups in total. The van der Waals surface area contributed by atoms with Crippen LogP contribution in [0.4, 0.5) is 0 Å². The summed E-state index contributed by atoms with van der Waals surface area (Å²) in [7, 11) is -1.46. The summed E-state index contributed by atoms with van der Waals surface area (Å²) >= 11 is 0. The first-order valence-corrected chi connectivity index (χ1v) is 10.1. The number of hydrogen-bond donors (Lipinski definition) is 0. The van der Waals surface area contributed by atoms with Crippen LogP contribution in [0.3, 0.4) is 0 Å². The summed E-state index contributed by atoms with van der Waals surface area (Å²) in [4.78, 5) is 22.1. The van der Waals surface area contributed by atoms with Gasteiger partial charge in [-0.25, -0.2) is 0 Å². The zero-order valence-electron chi connectivity index (χ0n) is 12.1. The molecule has 1 fully saturated rings. The van der Waals surface area contributed by atoms with E-state index >= 15 is 0 Å². The van der Waals surface area contributed by atoms with Crippen LogP contribution in [0.1, 0.15) is 32.6 Å². The van der Waals surface area contributed by atoms with Crippen LogP contribution in [0.2, 0.25) is 19.1 Å². The largest absolute Gasteiger partial charge is 0.418 e. The topological polar surface area (TPSA) is 52.6 Å². The monoisotopic (exact) mass is 284 g/mol. The fraction of sp³-hybridized carbons (Fsp3) is 0.714. The van der Waals surface area contributed by atoms with Gasteiger partial charge in [0, 0.05) is 6.61 Å². The fourth-order valence-electron chi connectivity index (χ4n) is 2.19. The van der Waals surface area contributed by atoms with Crippen molar-refractivity contribution in [2.45, 2.75) is 51.7 Å². The zero-order chi connectivity index (χ0) is 14.3. The third-order valence-electron chi connectivity index (χ3n) is 3.23. The lowest BCUT2D eigenvalue weighted by atomic mass is 10.0. The standard InChI is InChI=1S/C14H24O4Si/c1-4-17-19(2,3)10-8-6-5-7-9-12-11-13(15)18-14(12)16/h5,7,12H,4,6,8-11H2,1-3H3/b7-5+. The van der Waals surface area contributed by atoms with Crippen molar-refractivity contribution in [1.29, 1.82) is 0 Å². The second-order valence-electron chi connectivity index (χ2n) is 5.49. The van der Waals surface area contributed by atoms with Gasteiger partial charge in [0.25, 0.3) is 0 Å². The molecule has 0 aromatic heterocycles. The van der Waals surface area contributed by atoms with E-state index in [1.165, 1.54) is 0 Å². The molecule has 0 radical (unpaired) electrons. The third kappa shape index (κ3) is 6.16. The van der Waals surface area contributed by atoms with Gasteiger partial charge in [-0.2, -0.15) is 0 Å². The van der Waals surface area contributed by atoms with Crippen LogP contribution in [-0.2, 0) is 18.8 Å².